The van der Waals surface area contributed by atoms with Gasteiger partial charge in [-0.25, -0.2) is 0 Å². The Balaban J connectivity index is 3.05. The van der Waals surface area contributed by atoms with E-state index in [4.69, 9.17) is 19.9 Å². The van der Waals surface area contributed by atoms with Crippen molar-refractivity contribution in [2.75, 3.05) is 26.6 Å². The number of rotatable bonds is 5. The minimum Gasteiger partial charge on any atom is -0.501 e. The summed E-state index contributed by atoms with van der Waals surface area (Å²) in [6, 6.07) is 0.196. The summed E-state index contributed by atoms with van der Waals surface area (Å²) in [7, 11) is 2.95. The van der Waals surface area contributed by atoms with Gasteiger partial charge in [0.15, 0.2) is 0 Å². The monoisotopic (exact) mass is 225 g/mol. The molecule has 0 bridgehead atoms. The Morgan fingerprint density at radius 2 is 2.00 bits per heavy atom. The summed E-state index contributed by atoms with van der Waals surface area (Å²) < 4.78 is 15.0. The van der Waals surface area contributed by atoms with Crippen LogP contribution in [0, 0.1) is 0 Å². The molecule has 1 aromatic heterocycles. The van der Waals surface area contributed by atoms with Crippen LogP contribution in [-0.2, 0) is 4.74 Å². The van der Waals surface area contributed by atoms with Gasteiger partial charge in [0.25, 0.3) is 0 Å². The third-order valence-electron chi connectivity index (χ3n) is 1.78. The lowest BCUT2D eigenvalue weighted by molar-refractivity contribution is 0.272. The number of nitrogens with two attached hydrogens (primary N) is 1. The minimum atomic E-state index is 0.196. The van der Waals surface area contributed by atoms with E-state index >= 15 is 0 Å². The molecule has 1 rings (SSSR count). The van der Waals surface area contributed by atoms with E-state index in [1.165, 1.54) is 20.5 Å². The average molecular weight is 225 g/mol. The SMILES string of the molecule is CCOC=Cc1nc(OC)nc(OC)c1N. The van der Waals surface area contributed by atoms with Crippen LogP contribution in [0.2, 0.25) is 0 Å². The zero-order valence-electron chi connectivity index (χ0n) is 9.56. The number of aromatic nitrogens is 2. The largest absolute Gasteiger partial charge is 0.501 e. The smallest absolute Gasteiger partial charge is 0.320 e. The lowest BCUT2D eigenvalue weighted by Gasteiger charge is -2.07. The van der Waals surface area contributed by atoms with E-state index in [1.54, 1.807) is 6.08 Å². The molecule has 0 fully saturated rings. The van der Waals surface area contributed by atoms with Crippen LogP contribution in [-0.4, -0.2) is 30.8 Å². The molecule has 0 saturated heterocycles. The van der Waals surface area contributed by atoms with E-state index < -0.39 is 0 Å². The van der Waals surface area contributed by atoms with Crippen LogP contribution in [0.1, 0.15) is 12.6 Å². The van der Waals surface area contributed by atoms with Crippen molar-refractivity contribution in [3.8, 4) is 11.9 Å². The number of hydrogen-bond acceptors (Lipinski definition) is 6. The molecule has 16 heavy (non-hydrogen) atoms. The van der Waals surface area contributed by atoms with Crippen molar-refractivity contribution in [3.05, 3.63) is 12.0 Å². The Morgan fingerprint density at radius 1 is 1.25 bits per heavy atom. The molecule has 6 nitrogen and oxygen atoms in total. The highest BCUT2D eigenvalue weighted by Gasteiger charge is 2.10. The third-order valence-corrected chi connectivity index (χ3v) is 1.78. The van der Waals surface area contributed by atoms with Gasteiger partial charge in [0.2, 0.25) is 5.88 Å². The zero-order valence-corrected chi connectivity index (χ0v) is 9.56. The topological polar surface area (TPSA) is 79.5 Å². The maximum absolute atomic E-state index is 5.79. The van der Waals surface area contributed by atoms with Crippen LogP contribution < -0.4 is 15.2 Å². The van der Waals surface area contributed by atoms with Crippen LogP contribution in [0.15, 0.2) is 6.26 Å². The predicted molar refractivity (Wildman–Crippen MR) is 60.2 cm³/mol. The molecule has 0 aliphatic heterocycles. The van der Waals surface area contributed by atoms with Crippen LogP contribution >= 0.6 is 0 Å². The number of nitrogen functional groups attached to an aromatic ring is 1. The molecule has 0 atom stereocenters. The van der Waals surface area contributed by atoms with Gasteiger partial charge in [0.05, 0.1) is 27.1 Å². The highest BCUT2D eigenvalue weighted by Crippen LogP contribution is 2.24. The van der Waals surface area contributed by atoms with Crippen molar-refractivity contribution < 1.29 is 14.2 Å². The van der Waals surface area contributed by atoms with Crippen LogP contribution in [0.5, 0.6) is 11.9 Å². The first kappa shape index (κ1) is 12.1. The molecule has 6 heteroatoms. The first-order valence-electron chi connectivity index (χ1n) is 4.76. The molecule has 88 valence electrons. The molecule has 0 aliphatic rings. The van der Waals surface area contributed by atoms with Crippen LogP contribution in [0.3, 0.4) is 0 Å². The summed E-state index contributed by atoms with van der Waals surface area (Å²) in [5, 5.41) is 0. The molecule has 0 spiro atoms. The zero-order chi connectivity index (χ0) is 12.0. The van der Waals surface area contributed by atoms with Gasteiger partial charge < -0.3 is 19.9 Å². The molecule has 2 N–H and O–H groups in total. The second-order valence-corrected chi connectivity index (χ2v) is 2.78. The second-order valence-electron chi connectivity index (χ2n) is 2.78. The van der Waals surface area contributed by atoms with E-state index in [1.807, 2.05) is 6.92 Å². The van der Waals surface area contributed by atoms with Gasteiger partial charge >= 0.3 is 6.01 Å². The van der Waals surface area contributed by atoms with Crippen molar-refractivity contribution in [1.29, 1.82) is 0 Å². The summed E-state index contributed by atoms with van der Waals surface area (Å²) in [5.41, 5.74) is 6.63. The highest BCUT2D eigenvalue weighted by atomic mass is 16.5. The summed E-state index contributed by atoms with van der Waals surface area (Å²) in [6.45, 7) is 2.46. The number of anilines is 1. The van der Waals surface area contributed by atoms with Crippen LogP contribution in [0.25, 0.3) is 6.08 Å². The highest BCUT2D eigenvalue weighted by molar-refractivity contribution is 5.65. The standard InChI is InChI=1S/C10H15N3O3/c1-4-16-6-5-7-8(11)9(14-2)13-10(12-7)15-3/h5-6H,4,11H2,1-3H3. The van der Waals surface area contributed by atoms with Gasteiger partial charge in [-0.3, -0.25) is 0 Å². The van der Waals surface area contributed by atoms with E-state index in [0.29, 0.717) is 18.0 Å². The van der Waals surface area contributed by atoms with Crippen molar-refractivity contribution in [1.82, 2.24) is 9.97 Å². The summed E-state index contributed by atoms with van der Waals surface area (Å²) >= 11 is 0. The Morgan fingerprint density at radius 3 is 2.56 bits per heavy atom. The third kappa shape index (κ3) is 2.75. The normalized spacial score (nSPS) is 10.4. The predicted octanol–water partition coefficient (Wildman–Crippen LogP) is 1.08. The molecule has 0 aromatic carbocycles. The van der Waals surface area contributed by atoms with Crippen LogP contribution in [0.4, 0.5) is 5.69 Å². The summed E-state index contributed by atoms with van der Waals surface area (Å²) in [5.74, 6) is 0.281. The molecule has 0 unspecified atom stereocenters. The quantitative estimate of drug-likeness (QED) is 0.755. The average Bonchev–Trinajstić information content (AvgIpc) is 2.31. The van der Waals surface area contributed by atoms with E-state index in [2.05, 4.69) is 9.97 Å². The first-order valence-corrected chi connectivity index (χ1v) is 4.76. The Hall–Kier alpha value is -1.98. The Bertz CT molecular complexity index is 380. The molecule has 1 aromatic rings. The lowest BCUT2D eigenvalue weighted by atomic mass is 10.3. The Kier molecular flexibility index (Phi) is 4.38. The maximum atomic E-state index is 5.79. The Labute approximate surface area is 94.1 Å². The molecule has 0 radical (unpaired) electrons. The van der Waals surface area contributed by atoms with E-state index in [9.17, 15) is 0 Å². The fraction of sp³-hybridized carbons (Fsp3) is 0.400. The van der Waals surface area contributed by atoms with Gasteiger partial charge in [-0.2, -0.15) is 9.97 Å². The van der Waals surface area contributed by atoms with E-state index in [-0.39, 0.29) is 11.9 Å². The number of hydrogen-bond donors (Lipinski definition) is 1. The van der Waals surface area contributed by atoms with Crippen molar-refractivity contribution in [3.63, 3.8) is 0 Å². The molecular formula is C10H15N3O3. The van der Waals surface area contributed by atoms with Crippen molar-refractivity contribution in [2.45, 2.75) is 6.92 Å². The lowest BCUT2D eigenvalue weighted by Crippen LogP contribution is -2.03. The molecule has 0 amide bonds. The molecule has 1 heterocycles. The number of methoxy groups -OCH3 is 2. The minimum absolute atomic E-state index is 0.196. The molecular weight excluding hydrogens is 210 g/mol. The molecule has 0 aliphatic carbocycles. The van der Waals surface area contributed by atoms with Crippen molar-refractivity contribution in [2.24, 2.45) is 0 Å². The van der Waals surface area contributed by atoms with Crippen molar-refractivity contribution >= 4 is 11.8 Å². The van der Waals surface area contributed by atoms with Gasteiger partial charge in [0.1, 0.15) is 11.4 Å². The number of nitrogens with zero attached hydrogens (tertiary/aromatic N) is 2. The van der Waals surface area contributed by atoms with Gasteiger partial charge in [-0.1, -0.05) is 0 Å². The summed E-state index contributed by atoms with van der Waals surface area (Å²) in [4.78, 5) is 8.01. The fourth-order valence-electron chi connectivity index (χ4n) is 1.03. The van der Waals surface area contributed by atoms with Gasteiger partial charge in [0, 0.05) is 6.08 Å². The summed E-state index contributed by atoms with van der Waals surface area (Å²) in [6.07, 6.45) is 3.14. The van der Waals surface area contributed by atoms with Gasteiger partial charge in [-0.05, 0) is 6.92 Å². The maximum Gasteiger partial charge on any atom is 0.320 e. The molecule has 0 saturated carbocycles. The number of ether oxygens (including phenoxy) is 3. The van der Waals surface area contributed by atoms with E-state index in [0.717, 1.165) is 0 Å². The first-order chi connectivity index (χ1) is 7.72. The fourth-order valence-corrected chi connectivity index (χ4v) is 1.03. The van der Waals surface area contributed by atoms with Gasteiger partial charge in [-0.15, -0.1) is 0 Å². The second kappa shape index (κ2) is 5.79.